The molecule has 0 saturated carbocycles. The van der Waals surface area contributed by atoms with E-state index in [0.717, 1.165) is 27.7 Å². The van der Waals surface area contributed by atoms with E-state index >= 15 is 0 Å². The van der Waals surface area contributed by atoms with Crippen molar-refractivity contribution in [3.8, 4) is 11.5 Å². The fraction of sp³-hybridized carbons (Fsp3) is 0.0952. The molecule has 0 aliphatic carbocycles. The van der Waals surface area contributed by atoms with E-state index in [-0.39, 0.29) is 5.95 Å². The van der Waals surface area contributed by atoms with Crippen molar-refractivity contribution in [1.29, 1.82) is 0 Å². The van der Waals surface area contributed by atoms with Gasteiger partial charge in [0.15, 0.2) is 0 Å². The molecule has 10 heteroatoms. The summed E-state index contributed by atoms with van der Waals surface area (Å²) in [6, 6.07) is 15.8. The Morgan fingerprint density at radius 3 is 2.77 bits per heavy atom. The molecule has 2 aromatic carbocycles. The Balaban J connectivity index is 1.31. The third-order valence-electron chi connectivity index (χ3n) is 4.64. The van der Waals surface area contributed by atoms with Gasteiger partial charge in [0.1, 0.15) is 5.82 Å². The molecule has 0 aliphatic rings. The summed E-state index contributed by atoms with van der Waals surface area (Å²) in [5.41, 5.74) is 9.74. The molecule has 0 saturated heterocycles. The van der Waals surface area contributed by atoms with Gasteiger partial charge in [-0.05, 0) is 24.6 Å². The molecule has 31 heavy (non-hydrogen) atoms. The average molecular weight is 430 g/mol. The van der Waals surface area contributed by atoms with Crippen LogP contribution in [0.1, 0.15) is 11.4 Å². The van der Waals surface area contributed by atoms with Gasteiger partial charge in [0.25, 0.3) is 11.1 Å². The second-order valence-electron chi connectivity index (χ2n) is 6.78. The molecule has 0 aliphatic heterocycles. The number of aromatic amines is 1. The molecule has 5 rings (SSSR count). The number of anilines is 3. The summed E-state index contributed by atoms with van der Waals surface area (Å²) in [6.45, 7) is 2.00. The van der Waals surface area contributed by atoms with E-state index in [2.05, 4.69) is 35.5 Å². The molecule has 5 aromatic rings. The first-order chi connectivity index (χ1) is 15.2. The van der Waals surface area contributed by atoms with E-state index in [9.17, 15) is 0 Å². The fourth-order valence-corrected chi connectivity index (χ4v) is 3.76. The predicted octanol–water partition coefficient (Wildman–Crippen LogP) is 4.33. The van der Waals surface area contributed by atoms with E-state index in [0.29, 0.717) is 28.6 Å². The van der Waals surface area contributed by atoms with Gasteiger partial charge in [0.05, 0.1) is 11.3 Å². The maximum atomic E-state index is 5.87. The number of aryl methyl sites for hydroxylation is 1. The van der Waals surface area contributed by atoms with Crippen molar-refractivity contribution in [1.82, 2.24) is 30.1 Å². The number of hydrogen-bond acceptors (Lipinski definition) is 9. The van der Waals surface area contributed by atoms with E-state index in [1.807, 2.05) is 61.7 Å². The zero-order chi connectivity index (χ0) is 21.2. The minimum Gasteiger partial charge on any atom is -0.411 e. The quantitative estimate of drug-likeness (QED) is 0.337. The third-order valence-corrected chi connectivity index (χ3v) is 5.46. The maximum absolute atomic E-state index is 5.87. The average Bonchev–Trinajstić information content (AvgIpc) is 3.40. The molecule has 9 nitrogen and oxygen atoms in total. The lowest BCUT2D eigenvalue weighted by atomic mass is 10.2. The van der Waals surface area contributed by atoms with Crippen molar-refractivity contribution >= 4 is 40.2 Å². The van der Waals surface area contributed by atoms with E-state index in [4.69, 9.17) is 10.2 Å². The lowest BCUT2D eigenvalue weighted by Crippen LogP contribution is -2.07. The van der Waals surface area contributed by atoms with Crippen LogP contribution >= 0.6 is 11.8 Å². The number of benzene rings is 2. The van der Waals surface area contributed by atoms with Gasteiger partial charge in [-0.1, -0.05) is 48.2 Å². The van der Waals surface area contributed by atoms with Crippen molar-refractivity contribution in [2.24, 2.45) is 0 Å². The lowest BCUT2D eigenvalue weighted by molar-refractivity contribution is 0.466. The van der Waals surface area contributed by atoms with Crippen LogP contribution in [0.2, 0.25) is 0 Å². The first-order valence-electron chi connectivity index (χ1n) is 9.51. The third kappa shape index (κ3) is 4.05. The number of nitrogen functional groups attached to an aromatic ring is 1. The molecule has 0 bridgehead atoms. The Bertz CT molecular complexity index is 1360. The first kappa shape index (κ1) is 19.1. The van der Waals surface area contributed by atoms with Crippen LogP contribution < -0.4 is 11.1 Å². The molecule has 0 amide bonds. The minimum atomic E-state index is 0.145. The highest BCUT2D eigenvalue weighted by Crippen LogP contribution is 2.30. The van der Waals surface area contributed by atoms with Crippen LogP contribution in [0.25, 0.3) is 22.4 Å². The van der Waals surface area contributed by atoms with Crippen molar-refractivity contribution in [3.05, 3.63) is 66.1 Å². The number of nitrogens with one attached hydrogen (secondary N) is 2. The second kappa shape index (κ2) is 8.07. The zero-order valence-electron chi connectivity index (χ0n) is 16.5. The van der Waals surface area contributed by atoms with Crippen LogP contribution in [0.4, 0.5) is 17.6 Å². The predicted molar refractivity (Wildman–Crippen MR) is 120 cm³/mol. The van der Waals surface area contributed by atoms with Crippen LogP contribution in [-0.4, -0.2) is 30.1 Å². The van der Waals surface area contributed by atoms with Gasteiger partial charge in [0, 0.05) is 22.8 Å². The minimum absolute atomic E-state index is 0.145. The summed E-state index contributed by atoms with van der Waals surface area (Å²) in [4.78, 5) is 16.0. The summed E-state index contributed by atoms with van der Waals surface area (Å²) in [6.07, 6.45) is 1.86. The lowest BCUT2D eigenvalue weighted by Gasteiger charge is -2.09. The van der Waals surface area contributed by atoms with Gasteiger partial charge in [0.2, 0.25) is 11.9 Å². The Kier molecular flexibility index (Phi) is 4.97. The molecule has 0 fully saturated rings. The highest BCUT2D eigenvalue weighted by atomic mass is 32.2. The Morgan fingerprint density at radius 1 is 1.03 bits per heavy atom. The van der Waals surface area contributed by atoms with Crippen LogP contribution in [0.15, 0.2) is 64.4 Å². The SMILES string of the molecule is Cc1ccccc1Nc1nc(N)nc(CSc2nnc(-c3c[nH]c4ccccc34)o2)n1. The molecule has 3 heterocycles. The van der Waals surface area contributed by atoms with Crippen LogP contribution in [-0.2, 0) is 5.75 Å². The fourth-order valence-electron chi connectivity index (χ4n) is 3.14. The van der Waals surface area contributed by atoms with Crippen molar-refractivity contribution < 1.29 is 4.42 Å². The van der Waals surface area contributed by atoms with E-state index < -0.39 is 0 Å². The van der Waals surface area contributed by atoms with Crippen molar-refractivity contribution in [3.63, 3.8) is 0 Å². The molecule has 4 N–H and O–H groups in total. The summed E-state index contributed by atoms with van der Waals surface area (Å²) in [5, 5.41) is 12.9. The standard InChI is InChI=1S/C21H18N8OS/c1-12-6-2-4-8-15(12)24-20-26-17(25-19(22)27-20)11-31-21-29-28-18(30-21)14-10-23-16-9-5-3-7-13(14)16/h2-10,23H,11H2,1H3,(H3,22,24,25,26,27). The molecular weight excluding hydrogens is 412 g/mol. The monoisotopic (exact) mass is 430 g/mol. The van der Waals surface area contributed by atoms with Gasteiger partial charge in [-0.25, -0.2) is 0 Å². The van der Waals surface area contributed by atoms with Crippen LogP contribution in [0.3, 0.4) is 0 Å². The molecule has 0 unspecified atom stereocenters. The topological polar surface area (TPSA) is 131 Å². The van der Waals surface area contributed by atoms with Gasteiger partial charge < -0.3 is 20.5 Å². The zero-order valence-corrected chi connectivity index (χ0v) is 17.3. The molecule has 0 spiro atoms. The number of nitrogens with zero attached hydrogens (tertiary/aromatic N) is 5. The summed E-state index contributed by atoms with van der Waals surface area (Å²) >= 11 is 1.34. The first-order valence-corrected chi connectivity index (χ1v) is 10.5. The molecule has 0 atom stereocenters. The number of H-pyrrole nitrogens is 1. The Hall–Kier alpha value is -3.92. The number of fused-ring (bicyclic) bond motifs is 1. The number of rotatable bonds is 6. The van der Waals surface area contributed by atoms with Gasteiger partial charge >= 0.3 is 0 Å². The summed E-state index contributed by atoms with van der Waals surface area (Å²) < 4.78 is 5.83. The van der Waals surface area contributed by atoms with Gasteiger partial charge in [-0.15, -0.1) is 10.2 Å². The molecule has 3 aromatic heterocycles. The van der Waals surface area contributed by atoms with Gasteiger partial charge in [-0.2, -0.15) is 15.0 Å². The van der Waals surface area contributed by atoms with E-state index in [1.165, 1.54) is 11.8 Å². The second-order valence-corrected chi connectivity index (χ2v) is 7.71. The Morgan fingerprint density at radius 2 is 1.87 bits per heavy atom. The largest absolute Gasteiger partial charge is 0.411 e. The number of nitrogens with two attached hydrogens (primary N) is 1. The molecule has 154 valence electrons. The van der Waals surface area contributed by atoms with Gasteiger partial charge in [-0.3, -0.25) is 0 Å². The maximum Gasteiger partial charge on any atom is 0.277 e. The number of aromatic nitrogens is 6. The van der Waals surface area contributed by atoms with E-state index in [1.54, 1.807) is 0 Å². The molecular formula is C21H18N8OS. The highest BCUT2D eigenvalue weighted by molar-refractivity contribution is 7.98. The summed E-state index contributed by atoms with van der Waals surface area (Å²) in [5.74, 6) is 1.91. The van der Waals surface area contributed by atoms with Crippen molar-refractivity contribution in [2.45, 2.75) is 17.9 Å². The van der Waals surface area contributed by atoms with Crippen LogP contribution in [0, 0.1) is 6.92 Å². The number of hydrogen-bond donors (Lipinski definition) is 3. The number of thioether (sulfide) groups is 1. The smallest absolute Gasteiger partial charge is 0.277 e. The van der Waals surface area contributed by atoms with Crippen molar-refractivity contribution in [2.75, 3.05) is 11.1 Å². The summed E-state index contributed by atoms with van der Waals surface area (Å²) in [7, 11) is 0. The number of para-hydroxylation sites is 2. The van der Waals surface area contributed by atoms with Crippen LogP contribution in [0.5, 0.6) is 0 Å². The Labute approximate surface area is 181 Å². The normalized spacial score (nSPS) is 11.1. The molecule has 0 radical (unpaired) electrons. The highest BCUT2D eigenvalue weighted by Gasteiger charge is 2.14.